The highest BCUT2D eigenvalue weighted by atomic mass is 16.3. The molecule has 0 spiro atoms. The number of unbranched alkanes of at least 4 members (excludes halogenated alkanes) is 1. The molecule has 6 heteroatoms. The van der Waals surface area contributed by atoms with Gasteiger partial charge in [0.1, 0.15) is 5.58 Å². The van der Waals surface area contributed by atoms with E-state index in [1.807, 2.05) is 60.7 Å². The van der Waals surface area contributed by atoms with Crippen LogP contribution >= 0.6 is 0 Å². The van der Waals surface area contributed by atoms with Crippen molar-refractivity contribution >= 4 is 65.6 Å². The molecule has 0 bridgehead atoms. The van der Waals surface area contributed by atoms with Gasteiger partial charge in [0.15, 0.2) is 23.1 Å². The van der Waals surface area contributed by atoms with Crippen LogP contribution in [0.5, 0.6) is 0 Å². The molecule has 4 heterocycles. The maximum absolute atomic E-state index is 7.00. The SMILES string of the molecule is CCCCc1ccc2c(c1)c1c3c4ccccc4n(-c4ccccc4)c3ccc1n2-c1cccc2c1oc1cc(-c3nc(-c4ccccc4)nc(-c4ccccc4)n3)ccc12. The molecule has 12 aromatic rings. The highest BCUT2D eigenvalue weighted by Gasteiger charge is 2.23. The number of rotatable bonds is 8. The van der Waals surface area contributed by atoms with E-state index in [0.717, 1.165) is 80.3 Å². The number of benzene rings is 8. The van der Waals surface area contributed by atoms with Crippen LogP contribution in [0.2, 0.25) is 0 Å². The van der Waals surface area contributed by atoms with Crippen molar-refractivity contribution in [2.75, 3.05) is 0 Å². The molecule has 12 rings (SSSR count). The molecule has 0 radical (unpaired) electrons. The number of fused-ring (bicyclic) bond motifs is 10. The Hall–Kier alpha value is -7.83. The Kier molecular flexibility index (Phi) is 8.17. The third-order valence-corrected chi connectivity index (χ3v) is 12.1. The van der Waals surface area contributed by atoms with E-state index in [9.17, 15) is 0 Å². The summed E-state index contributed by atoms with van der Waals surface area (Å²) >= 11 is 0. The molecule has 0 amide bonds. The van der Waals surface area contributed by atoms with Crippen LogP contribution in [0.4, 0.5) is 0 Å². The fraction of sp³-hybridized carbons (Fsp3) is 0.0727. The van der Waals surface area contributed by atoms with Crippen molar-refractivity contribution in [2.45, 2.75) is 26.2 Å². The average Bonchev–Trinajstić information content (AvgIpc) is 3.98. The molecule has 0 saturated heterocycles. The highest BCUT2D eigenvalue weighted by Crippen LogP contribution is 2.44. The first kappa shape index (κ1) is 35.1. The summed E-state index contributed by atoms with van der Waals surface area (Å²) in [5.41, 5.74) is 12.5. The Labute approximate surface area is 352 Å². The Morgan fingerprint density at radius 2 is 1.03 bits per heavy atom. The first-order valence-corrected chi connectivity index (χ1v) is 21.1. The number of aryl methyl sites for hydroxylation is 1. The summed E-state index contributed by atoms with van der Waals surface area (Å²) < 4.78 is 11.8. The molecule has 0 atom stereocenters. The standard InChI is InChI=1S/C55H39N5O/c1-2-3-16-35-27-30-45-43(33-35)51-47(32-31-46-50(51)42-23-13-14-25-44(42)59(46)39-21-11-6-12-22-39)60(45)48-26-15-24-41-40-29-28-38(34-49(40)61-52(41)48)55-57-53(36-17-7-4-8-18-36)56-54(58-55)37-19-9-5-10-20-37/h4-15,17-34H,2-3,16H2,1H3. The molecular formula is C55H39N5O. The lowest BCUT2D eigenvalue weighted by molar-refractivity contribution is 0.666. The minimum Gasteiger partial charge on any atom is -0.454 e. The fourth-order valence-electron chi connectivity index (χ4n) is 9.30. The summed E-state index contributed by atoms with van der Waals surface area (Å²) in [7, 11) is 0. The minimum absolute atomic E-state index is 0.593. The van der Waals surface area contributed by atoms with Crippen LogP contribution in [0, 0.1) is 0 Å². The van der Waals surface area contributed by atoms with Gasteiger partial charge in [-0.15, -0.1) is 0 Å². The summed E-state index contributed by atoms with van der Waals surface area (Å²) in [5.74, 6) is 1.85. The molecule has 61 heavy (non-hydrogen) atoms. The van der Waals surface area contributed by atoms with Crippen molar-refractivity contribution in [3.63, 3.8) is 0 Å². The van der Waals surface area contributed by atoms with Crippen molar-refractivity contribution in [1.82, 2.24) is 24.1 Å². The Bertz CT molecular complexity index is 3560. The molecule has 0 aliphatic heterocycles. The van der Waals surface area contributed by atoms with Crippen molar-refractivity contribution in [3.8, 4) is 45.5 Å². The van der Waals surface area contributed by atoms with Gasteiger partial charge in [0.2, 0.25) is 0 Å². The number of furan rings is 1. The van der Waals surface area contributed by atoms with Gasteiger partial charge < -0.3 is 13.6 Å². The molecule has 290 valence electrons. The van der Waals surface area contributed by atoms with Gasteiger partial charge in [-0.1, -0.05) is 135 Å². The summed E-state index contributed by atoms with van der Waals surface area (Å²) in [5, 5.41) is 7.10. The van der Waals surface area contributed by atoms with Gasteiger partial charge in [0.25, 0.3) is 0 Å². The van der Waals surface area contributed by atoms with Gasteiger partial charge in [-0.25, -0.2) is 15.0 Å². The van der Waals surface area contributed by atoms with Crippen LogP contribution < -0.4 is 0 Å². The van der Waals surface area contributed by atoms with Gasteiger partial charge in [0.05, 0.1) is 27.8 Å². The van der Waals surface area contributed by atoms with E-state index < -0.39 is 0 Å². The number of para-hydroxylation sites is 3. The van der Waals surface area contributed by atoms with Crippen LogP contribution in [-0.2, 0) is 6.42 Å². The number of nitrogens with zero attached hydrogens (tertiary/aromatic N) is 5. The maximum atomic E-state index is 7.00. The molecule has 0 N–H and O–H groups in total. The summed E-state index contributed by atoms with van der Waals surface area (Å²) in [6.45, 7) is 2.26. The Morgan fingerprint density at radius 3 is 1.75 bits per heavy atom. The largest absolute Gasteiger partial charge is 0.454 e. The Morgan fingerprint density at radius 1 is 0.443 bits per heavy atom. The summed E-state index contributed by atoms with van der Waals surface area (Å²) in [4.78, 5) is 14.9. The summed E-state index contributed by atoms with van der Waals surface area (Å²) in [6.07, 6.45) is 3.35. The van der Waals surface area contributed by atoms with Gasteiger partial charge in [-0.05, 0) is 79.1 Å². The van der Waals surface area contributed by atoms with E-state index in [2.05, 4.69) is 137 Å². The summed E-state index contributed by atoms with van der Waals surface area (Å²) in [6, 6.07) is 64.2. The van der Waals surface area contributed by atoms with Crippen molar-refractivity contribution in [3.05, 3.63) is 188 Å². The van der Waals surface area contributed by atoms with Gasteiger partial charge in [0, 0.05) is 54.7 Å². The first-order valence-electron chi connectivity index (χ1n) is 21.1. The zero-order chi connectivity index (χ0) is 40.4. The van der Waals surface area contributed by atoms with E-state index >= 15 is 0 Å². The van der Waals surface area contributed by atoms with Gasteiger partial charge in [-0.3, -0.25) is 0 Å². The van der Waals surface area contributed by atoms with E-state index in [1.54, 1.807) is 0 Å². The van der Waals surface area contributed by atoms with E-state index in [1.165, 1.54) is 38.1 Å². The average molecular weight is 786 g/mol. The van der Waals surface area contributed by atoms with Crippen molar-refractivity contribution in [1.29, 1.82) is 0 Å². The van der Waals surface area contributed by atoms with Crippen LogP contribution in [0.1, 0.15) is 25.3 Å². The molecular weight excluding hydrogens is 747 g/mol. The second kappa shape index (κ2) is 14.2. The Balaban J connectivity index is 1.09. The first-order chi connectivity index (χ1) is 30.2. The number of aromatic nitrogens is 5. The minimum atomic E-state index is 0.593. The van der Waals surface area contributed by atoms with E-state index in [4.69, 9.17) is 19.4 Å². The zero-order valence-corrected chi connectivity index (χ0v) is 33.6. The lowest BCUT2D eigenvalue weighted by atomic mass is 10.0. The molecule has 6 nitrogen and oxygen atoms in total. The van der Waals surface area contributed by atoms with Crippen molar-refractivity contribution < 1.29 is 4.42 Å². The van der Waals surface area contributed by atoms with Crippen LogP contribution in [-0.4, -0.2) is 24.1 Å². The lowest BCUT2D eigenvalue weighted by Crippen LogP contribution is -2.00. The molecule has 0 saturated carbocycles. The van der Waals surface area contributed by atoms with Crippen LogP contribution in [0.15, 0.2) is 186 Å². The molecule has 0 aliphatic rings. The number of hydrogen-bond acceptors (Lipinski definition) is 4. The predicted molar refractivity (Wildman–Crippen MR) is 251 cm³/mol. The lowest BCUT2D eigenvalue weighted by Gasteiger charge is -2.10. The number of hydrogen-bond donors (Lipinski definition) is 0. The molecule has 4 aromatic heterocycles. The zero-order valence-electron chi connectivity index (χ0n) is 33.6. The normalized spacial score (nSPS) is 11.9. The molecule has 0 aliphatic carbocycles. The topological polar surface area (TPSA) is 61.7 Å². The third-order valence-electron chi connectivity index (χ3n) is 12.1. The molecule has 0 fully saturated rings. The molecule has 0 unspecified atom stereocenters. The molecule has 8 aromatic carbocycles. The third kappa shape index (κ3) is 5.67. The van der Waals surface area contributed by atoms with Gasteiger partial charge >= 0.3 is 0 Å². The highest BCUT2D eigenvalue weighted by molar-refractivity contribution is 6.29. The maximum Gasteiger partial charge on any atom is 0.164 e. The quantitative estimate of drug-likeness (QED) is 0.154. The van der Waals surface area contributed by atoms with E-state index in [0.29, 0.717) is 17.5 Å². The second-order valence-corrected chi connectivity index (χ2v) is 15.8. The van der Waals surface area contributed by atoms with Crippen LogP contribution in [0.25, 0.3) is 111 Å². The smallest absolute Gasteiger partial charge is 0.164 e. The van der Waals surface area contributed by atoms with Gasteiger partial charge in [-0.2, -0.15) is 0 Å². The fourth-order valence-corrected chi connectivity index (χ4v) is 9.30. The monoisotopic (exact) mass is 785 g/mol. The van der Waals surface area contributed by atoms with Crippen LogP contribution in [0.3, 0.4) is 0 Å². The van der Waals surface area contributed by atoms with E-state index in [-0.39, 0.29) is 0 Å². The second-order valence-electron chi connectivity index (χ2n) is 15.8. The predicted octanol–water partition coefficient (Wildman–Crippen LogP) is 14.3. The van der Waals surface area contributed by atoms with Crippen molar-refractivity contribution in [2.24, 2.45) is 0 Å².